The first-order valence-corrected chi connectivity index (χ1v) is 5.92. The van der Waals surface area contributed by atoms with E-state index in [4.69, 9.17) is 5.84 Å². The first-order valence-electron chi connectivity index (χ1n) is 5.92. The van der Waals surface area contributed by atoms with Crippen molar-refractivity contribution >= 4 is 17.4 Å². The predicted molar refractivity (Wildman–Crippen MR) is 74.1 cm³/mol. The number of carbonyl (C=O) groups is 1. The summed E-state index contributed by atoms with van der Waals surface area (Å²) in [6, 6.07) is 9.11. The van der Waals surface area contributed by atoms with Gasteiger partial charge in [0.2, 0.25) is 0 Å². The van der Waals surface area contributed by atoms with Crippen LogP contribution in [0.2, 0.25) is 0 Å². The quantitative estimate of drug-likeness (QED) is 0.416. The van der Waals surface area contributed by atoms with Gasteiger partial charge in [-0.05, 0) is 12.1 Å². The van der Waals surface area contributed by atoms with Crippen LogP contribution in [-0.4, -0.2) is 21.0 Å². The maximum atomic E-state index is 11.9. The molecule has 1 aromatic heterocycles. The molecule has 9 nitrogen and oxygen atoms in total. The van der Waals surface area contributed by atoms with E-state index in [1.54, 1.807) is 18.2 Å². The molecule has 1 amide bonds. The summed E-state index contributed by atoms with van der Waals surface area (Å²) in [5.41, 5.74) is 2.74. The normalized spacial score (nSPS) is 9.95. The summed E-state index contributed by atoms with van der Waals surface area (Å²) < 4.78 is 0. The lowest BCUT2D eigenvalue weighted by Gasteiger charge is -2.05. The fraction of sp³-hybridized carbons (Fsp3) is 0.0833. The Morgan fingerprint density at radius 2 is 2.00 bits per heavy atom. The Morgan fingerprint density at radius 3 is 2.62 bits per heavy atom. The maximum Gasteiger partial charge on any atom is 0.274 e. The highest BCUT2D eigenvalue weighted by Gasteiger charge is 2.14. The fourth-order valence-corrected chi connectivity index (χ4v) is 1.63. The van der Waals surface area contributed by atoms with Crippen LogP contribution in [0.25, 0.3) is 0 Å². The van der Waals surface area contributed by atoms with Crippen LogP contribution in [0.1, 0.15) is 16.1 Å². The second-order valence-corrected chi connectivity index (χ2v) is 4.02. The molecule has 0 fully saturated rings. The van der Waals surface area contributed by atoms with E-state index in [0.29, 0.717) is 11.4 Å². The molecule has 0 radical (unpaired) electrons. The number of para-hydroxylation sites is 1. The van der Waals surface area contributed by atoms with E-state index < -0.39 is 10.8 Å². The van der Waals surface area contributed by atoms with Crippen molar-refractivity contribution in [1.29, 1.82) is 0 Å². The van der Waals surface area contributed by atoms with Crippen molar-refractivity contribution in [3.05, 3.63) is 57.8 Å². The molecule has 0 atom stereocenters. The summed E-state index contributed by atoms with van der Waals surface area (Å²) in [7, 11) is 0. The van der Waals surface area contributed by atoms with Gasteiger partial charge < -0.3 is 10.7 Å². The Labute approximate surface area is 119 Å². The van der Waals surface area contributed by atoms with Gasteiger partial charge in [0.1, 0.15) is 0 Å². The number of hydrogen-bond donors (Lipinski definition) is 3. The number of nitrogens with one attached hydrogen (secondary N) is 2. The van der Waals surface area contributed by atoms with Gasteiger partial charge >= 0.3 is 0 Å². The van der Waals surface area contributed by atoms with Crippen LogP contribution in [0.3, 0.4) is 0 Å². The minimum absolute atomic E-state index is 0.0224. The van der Waals surface area contributed by atoms with Gasteiger partial charge in [-0.25, -0.2) is 5.84 Å². The topological polar surface area (TPSA) is 136 Å². The van der Waals surface area contributed by atoms with Crippen LogP contribution in [-0.2, 0) is 6.54 Å². The zero-order chi connectivity index (χ0) is 15.2. The second kappa shape index (κ2) is 6.39. The Balaban J connectivity index is 2.05. The lowest BCUT2D eigenvalue weighted by molar-refractivity contribution is -0.385. The lowest BCUT2D eigenvalue weighted by Crippen LogP contribution is -2.24. The minimum Gasteiger partial charge on any atom is -0.346 e. The molecular formula is C12H12N6O3. The van der Waals surface area contributed by atoms with E-state index in [9.17, 15) is 14.9 Å². The van der Waals surface area contributed by atoms with E-state index in [0.717, 1.165) is 0 Å². The summed E-state index contributed by atoms with van der Waals surface area (Å²) in [5.74, 6) is 4.98. The maximum absolute atomic E-state index is 11.9. The Kier molecular flexibility index (Phi) is 4.36. The van der Waals surface area contributed by atoms with Crippen molar-refractivity contribution in [3.63, 3.8) is 0 Å². The van der Waals surface area contributed by atoms with Gasteiger partial charge in [-0.2, -0.15) is 0 Å². The van der Waals surface area contributed by atoms with Crippen LogP contribution in [0.5, 0.6) is 0 Å². The zero-order valence-electron chi connectivity index (χ0n) is 10.8. The lowest BCUT2D eigenvalue weighted by atomic mass is 10.2. The highest BCUT2D eigenvalue weighted by atomic mass is 16.6. The number of nitro groups is 1. The van der Waals surface area contributed by atoms with Gasteiger partial charge in [-0.3, -0.25) is 14.9 Å². The number of carbonyl (C=O) groups excluding carboxylic acids is 1. The molecule has 0 aliphatic heterocycles. The van der Waals surface area contributed by atoms with Gasteiger partial charge in [0, 0.05) is 18.2 Å². The molecule has 0 saturated carbocycles. The fourth-order valence-electron chi connectivity index (χ4n) is 1.63. The molecule has 0 aliphatic carbocycles. The number of anilines is 1. The molecule has 2 aromatic rings. The Bertz CT molecular complexity index is 658. The number of amides is 1. The molecule has 21 heavy (non-hydrogen) atoms. The highest BCUT2D eigenvalue weighted by Crippen LogP contribution is 2.17. The SMILES string of the molecule is NNc1ccc(C(=O)NCc2ccccc2[N+](=O)[O-])nn1. The van der Waals surface area contributed by atoms with Crippen LogP contribution in [0.15, 0.2) is 36.4 Å². The van der Waals surface area contributed by atoms with E-state index in [1.165, 1.54) is 18.2 Å². The van der Waals surface area contributed by atoms with E-state index in [2.05, 4.69) is 20.9 Å². The van der Waals surface area contributed by atoms with Gasteiger partial charge in [-0.1, -0.05) is 18.2 Å². The van der Waals surface area contributed by atoms with Gasteiger partial charge in [0.05, 0.1) is 4.92 Å². The summed E-state index contributed by atoms with van der Waals surface area (Å²) in [6.45, 7) is 0.0224. The third-order valence-electron chi connectivity index (χ3n) is 2.67. The van der Waals surface area contributed by atoms with Crippen LogP contribution in [0.4, 0.5) is 11.5 Å². The number of nitrogen functional groups attached to an aromatic ring is 1. The van der Waals surface area contributed by atoms with Gasteiger partial charge in [0.25, 0.3) is 11.6 Å². The van der Waals surface area contributed by atoms with Crippen molar-refractivity contribution in [1.82, 2.24) is 15.5 Å². The first-order chi connectivity index (χ1) is 10.1. The molecule has 2 rings (SSSR count). The van der Waals surface area contributed by atoms with Gasteiger partial charge in [0.15, 0.2) is 11.5 Å². The van der Waals surface area contributed by atoms with Crippen molar-refractivity contribution in [3.8, 4) is 0 Å². The number of nitrogens with two attached hydrogens (primary N) is 1. The number of aromatic nitrogens is 2. The van der Waals surface area contributed by atoms with E-state index in [1.807, 2.05) is 0 Å². The Morgan fingerprint density at radius 1 is 1.24 bits per heavy atom. The number of rotatable bonds is 5. The minimum atomic E-state index is -0.497. The molecule has 0 saturated heterocycles. The molecule has 0 unspecified atom stereocenters. The molecule has 1 heterocycles. The standard InChI is InChI=1S/C12H12N6O3/c13-15-11-6-5-9(16-17-11)12(19)14-7-8-3-1-2-4-10(8)18(20)21/h1-6H,7,13H2,(H,14,19)(H,15,17). The molecule has 0 spiro atoms. The highest BCUT2D eigenvalue weighted by molar-refractivity contribution is 5.92. The Hall–Kier alpha value is -3.07. The van der Waals surface area contributed by atoms with Crippen LogP contribution in [0, 0.1) is 10.1 Å². The van der Waals surface area contributed by atoms with Crippen molar-refractivity contribution in [2.24, 2.45) is 5.84 Å². The number of hydrogen-bond acceptors (Lipinski definition) is 7. The molecular weight excluding hydrogens is 276 g/mol. The summed E-state index contributed by atoms with van der Waals surface area (Å²) in [4.78, 5) is 22.2. The van der Waals surface area contributed by atoms with Crippen molar-refractivity contribution < 1.29 is 9.72 Å². The number of nitrogens with zero attached hydrogens (tertiary/aromatic N) is 3. The average Bonchev–Trinajstić information content (AvgIpc) is 2.52. The smallest absolute Gasteiger partial charge is 0.274 e. The number of hydrazine groups is 1. The van der Waals surface area contributed by atoms with Crippen molar-refractivity contribution in [2.45, 2.75) is 6.54 Å². The average molecular weight is 288 g/mol. The monoisotopic (exact) mass is 288 g/mol. The molecule has 0 aliphatic rings. The molecule has 0 bridgehead atoms. The van der Waals surface area contributed by atoms with Crippen molar-refractivity contribution in [2.75, 3.05) is 5.43 Å². The third-order valence-corrected chi connectivity index (χ3v) is 2.67. The number of benzene rings is 1. The van der Waals surface area contributed by atoms with E-state index in [-0.39, 0.29) is 17.9 Å². The molecule has 9 heteroatoms. The first kappa shape index (κ1) is 14.3. The molecule has 108 valence electrons. The second-order valence-electron chi connectivity index (χ2n) is 4.02. The summed E-state index contributed by atoms with van der Waals surface area (Å²) in [6.07, 6.45) is 0. The molecule has 4 N–H and O–H groups in total. The number of nitro benzene ring substituents is 1. The molecule has 1 aromatic carbocycles. The zero-order valence-corrected chi connectivity index (χ0v) is 10.8. The summed E-state index contributed by atoms with van der Waals surface area (Å²) >= 11 is 0. The van der Waals surface area contributed by atoms with E-state index >= 15 is 0 Å². The largest absolute Gasteiger partial charge is 0.346 e. The summed E-state index contributed by atoms with van der Waals surface area (Å²) in [5, 5.41) is 20.8. The van der Waals surface area contributed by atoms with Crippen LogP contribution < -0.4 is 16.6 Å². The third kappa shape index (κ3) is 3.48. The van der Waals surface area contributed by atoms with Gasteiger partial charge in [-0.15, -0.1) is 10.2 Å². The predicted octanol–water partition coefficient (Wildman–Crippen LogP) is 0.600. The van der Waals surface area contributed by atoms with Crippen LogP contribution >= 0.6 is 0 Å².